The first kappa shape index (κ1) is 15.1. The first-order valence-corrected chi connectivity index (χ1v) is 6.74. The Morgan fingerprint density at radius 3 is 2.52 bits per heavy atom. The fourth-order valence-corrected chi connectivity index (χ4v) is 1.97. The van der Waals surface area contributed by atoms with Gasteiger partial charge in [-0.1, -0.05) is 23.7 Å². The van der Waals surface area contributed by atoms with Crippen LogP contribution < -0.4 is 16.6 Å². The van der Waals surface area contributed by atoms with Crippen LogP contribution >= 0.6 is 11.6 Å². The summed E-state index contributed by atoms with van der Waals surface area (Å²) in [4.78, 5) is 38.3. The van der Waals surface area contributed by atoms with Crippen molar-refractivity contribution < 1.29 is 4.79 Å². The summed E-state index contributed by atoms with van der Waals surface area (Å²) in [5.41, 5.74) is 0.200. The number of amides is 1. The van der Waals surface area contributed by atoms with Gasteiger partial charge >= 0.3 is 5.69 Å². The molecule has 1 aromatic heterocycles. The van der Waals surface area contributed by atoms with Crippen molar-refractivity contribution in [1.29, 1.82) is 0 Å². The van der Waals surface area contributed by atoms with Gasteiger partial charge in [0.25, 0.3) is 5.56 Å². The maximum absolute atomic E-state index is 11.7. The molecule has 0 atom stereocenters. The number of aromatic amines is 2. The molecule has 1 amide bonds. The van der Waals surface area contributed by atoms with Gasteiger partial charge in [-0.3, -0.25) is 14.6 Å². The highest BCUT2D eigenvalue weighted by atomic mass is 35.5. The number of nitrogens with one attached hydrogen (secondary N) is 3. The molecule has 1 heterocycles. The second kappa shape index (κ2) is 6.90. The average molecular weight is 308 g/mol. The molecular weight excluding hydrogens is 294 g/mol. The molecule has 6 nitrogen and oxygen atoms in total. The third kappa shape index (κ3) is 4.92. The van der Waals surface area contributed by atoms with Gasteiger partial charge in [-0.2, -0.15) is 0 Å². The van der Waals surface area contributed by atoms with Crippen molar-refractivity contribution in [3.8, 4) is 0 Å². The van der Waals surface area contributed by atoms with Crippen LogP contribution in [-0.4, -0.2) is 22.4 Å². The summed E-state index contributed by atoms with van der Waals surface area (Å²) < 4.78 is 0. The molecule has 2 rings (SSSR count). The van der Waals surface area contributed by atoms with E-state index in [1.165, 1.54) is 6.07 Å². The highest BCUT2D eigenvalue weighted by Crippen LogP contribution is 2.09. The van der Waals surface area contributed by atoms with E-state index in [2.05, 4.69) is 10.3 Å². The van der Waals surface area contributed by atoms with E-state index >= 15 is 0 Å². The Hall–Kier alpha value is -2.34. The topological polar surface area (TPSA) is 94.8 Å². The van der Waals surface area contributed by atoms with Gasteiger partial charge in [0.15, 0.2) is 0 Å². The van der Waals surface area contributed by atoms with Crippen molar-refractivity contribution >= 4 is 17.5 Å². The lowest BCUT2D eigenvalue weighted by Crippen LogP contribution is -2.30. The number of carbonyl (C=O) groups is 1. The minimum absolute atomic E-state index is 0.0419. The van der Waals surface area contributed by atoms with Crippen molar-refractivity contribution in [2.24, 2.45) is 0 Å². The van der Waals surface area contributed by atoms with Crippen molar-refractivity contribution in [2.45, 2.75) is 12.8 Å². The summed E-state index contributed by atoms with van der Waals surface area (Å²) in [7, 11) is 0. The van der Waals surface area contributed by atoms with E-state index in [0.29, 0.717) is 18.0 Å². The van der Waals surface area contributed by atoms with Gasteiger partial charge in [0.05, 0.1) is 6.42 Å². The third-order valence-corrected chi connectivity index (χ3v) is 3.07. The van der Waals surface area contributed by atoms with Crippen LogP contribution in [0.4, 0.5) is 0 Å². The predicted molar refractivity (Wildman–Crippen MR) is 79.6 cm³/mol. The number of rotatable bonds is 5. The highest BCUT2D eigenvalue weighted by molar-refractivity contribution is 6.30. The standard InChI is InChI=1S/C14H14ClN3O3/c15-10-3-1-9(2-4-10)5-6-16-12(19)7-11-8-13(20)18-14(21)17-11/h1-4,8H,5-7H2,(H,16,19)(H2,17,18,20,21). The fraction of sp³-hybridized carbons (Fsp3) is 0.214. The first-order valence-electron chi connectivity index (χ1n) is 6.36. The second-order valence-corrected chi connectivity index (χ2v) is 4.95. The molecule has 0 bridgehead atoms. The Morgan fingerprint density at radius 1 is 1.14 bits per heavy atom. The van der Waals surface area contributed by atoms with Crippen LogP contribution in [0.15, 0.2) is 39.9 Å². The first-order chi connectivity index (χ1) is 10.0. The molecule has 3 N–H and O–H groups in total. The van der Waals surface area contributed by atoms with Crippen LogP contribution in [0.5, 0.6) is 0 Å². The van der Waals surface area contributed by atoms with Gasteiger partial charge in [-0.05, 0) is 24.1 Å². The van der Waals surface area contributed by atoms with Crippen molar-refractivity contribution in [2.75, 3.05) is 6.54 Å². The minimum atomic E-state index is -0.619. The quantitative estimate of drug-likeness (QED) is 0.755. The smallest absolute Gasteiger partial charge is 0.325 e. The number of aromatic nitrogens is 2. The molecule has 2 aromatic rings. The number of hydrogen-bond acceptors (Lipinski definition) is 3. The number of carbonyl (C=O) groups excluding carboxylic acids is 1. The van der Waals surface area contributed by atoms with Crippen LogP contribution in [0.3, 0.4) is 0 Å². The summed E-state index contributed by atoms with van der Waals surface area (Å²) in [6.07, 6.45) is 0.634. The van der Waals surface area contributed by atoms with Gasteiger partial charge < -0.3 is 10.3 Å². The number of benzene rings is 1. The third-order valence-electron chi connectivity index (χ3n) is 2.82. The fourth-order valence-electron chi connectivity index (χ4n) is 1.85. The van der Waals surface area contributed by atoms with E-state index in [4.69, 9.17) is 11.6 Å². The zero-order valence-corrected chi connectivity index (χ0v) is 11.9. The summed E-state index contributed by atoms with van der Waals surface area (Å²) >= 11 is 5.79. The van der Waals surface area contributed by atoms with Gasteiger partial charge in [-0.25, -0.2) is 4.79 Å². The van der Waals surface area contributed by atoms with Crippen molar-refractivity contribution in [1.82, 2.24) is 15.3 Å². The van der Waals surface area contributed by atoms with Crippen molar-refractivity contribution in [3.63, 3.8) is 0 Å². The Balaban J connectivity index is 1.83. The maximum Gasteiger partial charge on any atom is 0.325 e. The molecule has 0 spiro atoms. The van der Waals surface area contributed by atoms with Gasteiger partial charge in [-0.15, -0.1) is 0 Å². The van der Waals surface area contributed by atoms with E-state index < -0.39 is 11.2 Å². The minimum Gasteiger partial charge on any atom is -0.355 e. The monoisotopic (exact) mass is 307 g/mol. The van der Waals surface area contributed by atoms with Crippen LogP contribution in [0.1, 0.15) is 11.3 Å². The molecule has 0 aliphatic heterocycles. The molecule has 0 radical (unpaired) electrons. The molecule has 0 saturated carbocycles. The average Bonchev–Trinajstić information content (AvgIpc) is 2.39. The summed E-state index contributed by atoms with van der Waals surface area (Å²) in [5, 5.41) is 3.39. The van der Waals surface area contributed by atoms with E-state index in [9.17, 15) is 14.4 Å². The predicted octanol–water partition coefficient (Wildman–Crippen LogP) is 0.618. The van der Waals surface area contributed by atoms with Gasteiger partial charge in [0.2, 0.25) is 5.91 Å². The summed E-state index contributed by atoms with van der Waals surface area (Å²) in [6, 6.07) is 8.56. The van der Waals surface area contributed by atoms with E-state index in [1.54, 1.807) is 12.1 Å². The largest absolute Gasteiger partial charge is 0.355 e. The Morgan fingerprint density at radius 2 is 1.86 bits per heavy atom. The number of H-pyrrole nitrogens is 2. The Bertz CT molecular complexity index is 706. The molecule has 1 aromatic carbocycles. The molecule has 7 heteroatoms. The molecule has 0 fully saturated rings. The Kier molecular flexibility index (Phi) is 4.94. The lowest BCUT2D eigenvalue weighted by Gasteiger charge is -2.05. The lowest BCUT2D eigenvalue weighted by atomic mass is 10.1. The molecule has 110 valence electrons. The normalized spacial score (nSPS) is 10.3. The number of halogens is 1. The van der Waals surface area contributed by atoms with Crippen LogP contribution in [0.2, 0.25) is 5.02 Å². The molecule has 0 aliphatic carbocycles. The van der Waals surface area contributed by atoms with Gasteiger partial charge in [0.1, 0.15) is 0 Å². The SMILES string of the molecule is O=C(Cc1cc(=O)[nH]c(=O)[nH]1)NCCc1ccc(Cl)cc1. The molecule has 0 unspecified atom stereocenters. The molecular formula is C14H14ClN3O3. The maximum atomic E-state index is 11.7. The second-order valence-electron chi connectivity index (χ2n) is 4.52. The Labute approximate surface area is 125 Å². The summed E-state index contributed by atoms with van der Waals surface area (Å²) in [5.74, 6) is -0.259. The van der Waals surface area contributed by atoms with Gasteiger partial charge in [0, 0.05) is 23.3 Å². The van der Waals surface area contributed by atoms with Crippen LogP contribution in [-0.2, 0) is 17.6 Å². The summed E-state index contributed by atoms with van der Waals surface area (Å²) in [6.45, 7) is 0.466. The number of hydrogen-bond donors (Lipinski definition) is 3. The zero-order valence-electron chi connectivity index (χ0n) is 11.1. The molecule has 21 heavy (non-hydrogen) atoms. The van der Waals surface area contributed by atoms with E-state index in [1.807, 2.05) is 17.1 Å². The van der Waals surface area contributed by atoms with Crippen molar-refractivity contribution in [3.05, 3.63) is 67.4 Å². The molecule has 0 aliphatic rings. The van der Waals surface area contributed by atoms with Crippen LogP contribution in [0.25, 0.3) is 0 Å². The van der Waals surface area contributed by atoms with Crippen LogP contribution in [0, 0.1) is 0 Å². The van der Waals surface area contributed by atoms with E-state index in [-0.39, 0.29) is 18.0 Å². The van der Waals surface area contributed by atoms with E-state index in [0.717, 1.165) is 5.56 Å². The lowest BCUT2D eigenvalue weighted by molar-refractivity contribution is -0.120. The zero-order chi connectivity index (χ0) is 15.2. The highest BCUT2D eigenvalue weighted by Gasteiger charge is 2.05. The molecule has 0 saturated heterocycles.